The second kappa shape index (κ2) is 4.99. The third kappa shape index (κ3) is 2.50. The summed E-state index contributed by atoms with van der Waals surface area (Å²) in [6.07, 6.45) is 4.01. The summed E-state index contributed by atoms with van der Waals surface area (Å²) in [5, 5.41) is 0. The van der Waals surface area contributed by atoms with Gasteiger partial charge in [-0.25, -0.2) is 0 Å². The number of allylic oxidation sites excluding steroid dienone is 3. The Balaban J connectivity index is 2.02. The lowest BCUT2D eigenvalue weighted by molar-refractivity contribution is 0.400. The average Bonchev–Trinajstić information content (AvgIpc) is 2.48. The molecule has 0 saturated carbocycles. The van der Waals surface area contributed by atoms with Gasteiger partial charge in [-0.2, -0.15) is 0 Å². The van der Waals surface area contributed by atoms with E-state index < -0.39 is 0 Å². The van der Waals surface area contributed by atoms with Crippen molar-refractivity contribution >= 4 is 11.3 Å². The summed E-state index contributed by atoms with van der Waals surface area (Å²) in [6, 6.07) is 20.3. The first-order chi connectivity index (χ1) is 9.33. The third-order valence-corrected chi connectivity index (χ3v) is 3.01. The van der Waals surface area contributed by atoms with Crippen molar-refractivity contribution in [3.05, 3.63) is 96.3 Å². The molecule has 0 saturated heterocycles. The normalized spacial score (nSPS) is 14.4. The Morgan fingerprint density at radius 1 is 0.684 bits per heavy atom. The Morgan fingerprint density at radius 3 is 1.89 bits per heavy atom. The van der Waals surface area contributed by atoms with E-state index in [4.69, 9.17) is 4.74 Å². The van der Waals surface area contributed by atoms with Crippen LogP contribution in [0.5, 0.6) is 0 Å². The van der Waals surface area contributed by atoms with Crippen LogP contribution < -0.4 is 0 Å². The van der Waals surface area contributed by atoms with Gasteiger partial charge in [-0.3, -0.25) is 0 Å². The Morgan fingerprint density at radius 2 is 1.26 bits per heavy atom. The summed E-state index contributed by atoms with van der Waals surface area (Å²) in [5.74, 6) is 1.51. The van der Waals surface area contributed by atoms with Gasteiger partial charge < -0.3 is 4.74 Å². The second-order valence-electron chi connectivity index (χ2n) is 4.41. The molecule has 0 aliphatic carbocycles. The van der Waals surface area contributed by atoms with E-state index in [0.29, 0.717) is 5.76 Å². The fourth-order valence-corrected chi connectivity index (χ4v) is 2.10. The van der Waals surface area contributed by atoms with Gasteiger partial charge in [-0.1, -0.05) is 67.2 Å². The topological polar surface area (TPSA) is 9.23 Å². The van der Waals surface area contributed by atoms with E-state index in [9.17, 15) is 0 Å². The zero-order chi connectivity index (χ0) is 13.1. The van der Waals surface area contributed by atoms with E-state index >= 15 is 0 Å². The zero-order valence-electron chi connectivity index (χ0n) is 10.5. The molecule has 1 heterocycles. The van der Waals surface area contributed by atoms with Crippen LogP contribution in [0.3, 0.4) is 0 Å². The summed E-state index contributed by atoms with van der Waals surface area (Å²) in [6.45, 7) is 3.93. The average molecular weight is 246 g/mol. The highest BCUT2D eigenvalue weighted by molar-refractivity contribution is 5.85. The van der Waals surface area contributed by atoms with Crippen molar-refractivity contribution in [2.75, 3.05) is 0 Å². The summed E-state index contributed by atoms with van der Waals surface area (Å²) >= 11 is 0. The molecule has 92 valence electrons. The first-order valence-electron chi connectivity index (χ1n) is 6.24. The maximum Gasteiger partial charge on any atom is 0.135 e. The van der Waals surface area contributed by atoms with E-state index in [1.54, 1.807) is 0 Å². The second-order valence-corrected chi connectivity index (χ2v) is 4.41. The van der Waals surface area contributed by atoms with Crippen LogP contribution in [-0.4, -0.2) is 0 Å². The molecule has 0 amide bonds. The van der Waals surface area contributed by atoms with Gasteiger partial charge in [0.1, 0.15) is 11.5 Å². The molecule has 1 heteroatoms. The van der Waals surface area contributed by atoms with Crippen molar-refractivity contribution in [1.29, 1.82) is 0 Å². The predicted molar refractivity (Wildman–Crippen MR) is 79.1 cm³/mol. The van der Waals surface area contributed by atoms with Gasteiger partial charge in [0.2, 0.25) is 0 Å². The molecule has 0 radical (unpaired) electrons. The van der Waals surface area contributed by atoms with Crippen LogP contribution >= 0.6 is 0 Å². The molecule has 0 fully saturated rings. The lowest BCUT2D eigenvalue weighted by atomic mass is 10.0. The quantitative estimate of drug-likeness (QED) is 0.749. The smallest absolute Gasteiger partial charge is 0.135 e. The van der Waals surface area contributed by atoms with Gasteiger partial charge in [0.25, 0.3) is 0 Å². The summed E-state index contributed by atoms with van der Waals surface area (Å²) in [5.41, 5.74) is 3.35. The lowest BCUT2D eigenvalue weighted by Crippen LogP contribution is -1.97. The number of rotatable bonds is 2. The first-order valence-corrected chi connectivity index (χ1v) is 6.24. The zero-order valence-corrected chi connectivity index (χ0v) is 10.5. The van der Waals surface area contributed by atoms with Crippen molar-refractivity contribution in [2.24, 2.45) is 0 Å². The highest BCUT2D eigenvalue weighted by atomic mass is 16.5. The highest BCUT2D eigenvalue weighted by Crippen LogP contribution is 2.30. The lowest BCUT2D eigenvalue weighted by Gasteiger charge is -2.17. The SMILES string of the molecule is C=C1C=C(c2ccccc2)C=C(c2ccccc2)O1. The van der Waals surface area contributed by atoms with Crippen molar-refractivity contribution in [2.45, 2.75) is 0 Å². The monoisotopic (exact) mass is 246 g/mol. The van der Waals surface area contributed by atoms with E-state index in [0.717, 1.165) is 16.9 Å². The minimum absolute atomic E-state index is 0.667. The van der Waals surface area contributed by atoms with Crippen molar-refractivity contribution in [3.8, 4) is 0 Å². The molecular formula is C18H14O. The summed E-state index contributed by atoms with van der Waals surface area (Å²) in [4.78, 5) is 0. The molecule has 2 aromatic carbocycles. The fourth-order valence-electron chi connectivity index (χ4n) is 2.10. The first kappa shape index (κ1) is 11.5. The van der Waals surface area contributed by atoms with Gasteiger partial charge in [-0.05, 0) is 23.3 Å². The molecule has 0 spiro atoms. The maximum atomic E-state index is 5.71. The number of hydrogen-bond donors (Lipinski definition) is 0. The van der Waals surface area contributed by atoms with E-state index in [1.165, 1.54) is 5.56 Å². The van der Waals surface area contributed by atoms with Crippen LogP contribution in [0.1, 0.15) is 11.1 Å². The molecule has 1 aliphatic rings. The fraction of sp³-hybridized carbons (Fsp3) is 0. The number of ether oxygens (including phenoxy) is 1. The van der Waals surface area contributed by atoms with Gasteiger partial charge in [0, 0.05) is 5.56 Å². The summed E-state index contributed by atoms with van der Waals surface area (Å²) < 4.78 is 5.71. The molecule has 3 rings (SSSR count). The molecular weight excluding hydrogens is 232 g/mol. The Kier molecular flexibility index (Phi) is 3.03. The minimum Gasteiger partial charge on any atom is -0.457 e. The van der Waals surface area contributed by atoms with E-state index in [1.807, 2.05) is 54.6 Å². The van der Waals surface area contributed by atoms with Gasteiger partial charge >= 0.3 is 0 Å². The standard InChI is InChI=1S/C18H14O/c1-14-12-17(15-8-4-2-5-9-15)13-18(19-14)16-10-6-3-7-11-16/h2-13H,1H2. The van der Waals surface area contributed by atoms with Crippen molar-refractivity contribution in [1.82, 2.24) is 0 Å². The molecule has 0 N–H and O–H groups in total. The molecule has 0 aromatic heterocycles. The van der Waals surface area contributed by atoms with Crippen LogP contribution in [0.2, 0.25) is 0 Å². The molecule has 0 atom stereocenters. The van der Waals surface area contributed by atoms with Crippen LogP contribution in [-0.2, 0) is 4.74 Å². The van der Waals surface area contributed by atoms with Crippen molar-refractivity contribution in [3.63, 3.8) is 0 Å². The maximum absolute atomic E-state index is 5.71. The van der Waals surface area contributed by atoms with Gasteiger partial charge in [0.15, 0.2) is 0 Å². The van der Waals surface area contributed by atoms with Crippen LogP contribution in [0, 0.1) is 0 Å². The Bertz CT molecular complexity index is 649. The Labute approximate surface area is 113 Å². The molecule has 2 aromatic rings. The van der Waals surface area contributed by atoms with Gasteiger partial charge in [-0.15, -0.1) is 0 Å². The summed E-state index contributed by atoms with van der Waals surface area (Å²) in [7, 11) is 0. The molecule has 0 bridgehead atoms. The van der Waals surface area contributed by atoms with E-state index in [2.05, 4.69) is 24.8 Å². The predicted octanol–water partition coefficient (Wildman–Crippen LogP) is 4.66. The molecule has 0 unspecified atom stereocenters. The van der Waals surface area contributed by atoms with Crippen molar-refractivity contribution < 1.29 is 4.74 Å². The largest absolute Gasteiger partial charge is 0.457 e. The molecule has 1 aliphatic heterocycles. The number of benzene rings is 2. The Hall–Kier alpha value is -2.54. The minimum atomic E-state index is 0.667. The van der Waals surface area contributed by atoms with Crippen LogP contribution in [0.15, 0.2) is 85.2 Å². The van der Waals surface area contributed by atoms with E-state index in [-0.39, 0.29) is 0 Å². The third-order valence-electron chi connectivity index (χ3n) is 3.01. The van der Waals surface area contributed by atoms with Crippen LogP contribution in [0.4, 0.5) is 0 Å². The highest BCUT2D eigenvalue weighted by Gasteiger charge is 2.12. The van der Waals surface area contributed by atoms with Gasteiger partial charge in [0.05, 0.1) is 0 Å². The molecule has 1 nitrogen and oxygen atoms in total. The molecule has 19 heavy (non-hydrogen) atoms. The number of hydrogen-bond acceptors (Lipinski definition) is 1. The van der Waals surface area contributed by atoms with Crippen LogP contribution in [0.25, 0.3) is 11.3 Å².